The van der Waals surface area contributed by atoms with Crippen LogP contribution < -0.4 is 5.32 Å². The van der Waals surface area contributed by atoms with E-state index in [-0.39, 0.29) is 5.91 Å². The molecule has 1 aliphatic heterocycles. The second-order valence-electron chi connectivity index (χ2n) is 6.84. The summed E-state index contributed by atoms with van der Waals surface area (Å²) in [6.45, 7) is 6.12. The van der Waals surface area contributed by atoms with Gasteiger partial charge in [0.1, 0.15) is 5.76 Å². The molecule has 0 saturated carbocycles. The Morgan fingerprint density at radius 1 is 1.00 bits per heavy atom. The fourth-order valence-corrected chi connectivity index (χ4v) is 4.43. The van der Waals surface area contributed by atoms with Gasteiger partial charge in [-0.3, -0.25) is 4.79 Å². The standard InChI is InChI=1S/C23H20N2O2S2/c1-14-4-8-18(9-5-14)28-21-11-7-17(27-21)13-20-22(26)25-23(29-20)24-19-10-6-15(2)12-16(19)3/h4-13H,1-3H3,(H,24,25,26)/b20-13-. The summed E-state index contributed by atoms with van der Waals surface area (Å²) in [6, 6.07) is 18.1. The Bertz CT molecular complexity index is 1130. The van der Waals surface area contributed by atoms with Crippen molar-refractivity contribution in [2.75, 3.05) is 0 Å². The van der Waals surface area contributed by atoms with E-state index in [0.29, 0.717) is 15.8 Å². The Balaban J connectivity index is 1.48. The summed E-state index contributed by atoms with van der Waals surface area (Å²) in [7, 11) is 0. The van der Waals surface area contributed by atoms with E-state index in [1.54, 1.807) is 17.8 Å². The molecule has 1 aliphatic rings. The molecule has 1 saturated heterocycles. The first-order valence-corrected chi connectivity index (χ1v) is 10.8. The van der Waals surface area contributed by atoms with Crippen LogP contribution in [0.4, 0.5) is 5.69 Å². The van der Waals surface area contributed by atoms with E-state index in [9.17, 15) is 4.79 Å². The summed E-state index contributed by atoms with van der Waals surface area (Å²) in [6.07, 6.45) is 1.75. The highest BCUT2D eigenvalue weighted by Crippen LogP contribution is 2.33. The van der Waals surface area contributed by atoms with Gasteiger partial charge in [0.2, 0.25) is 0 Å². The topological polar surface area (TPSA) is 54.6 Å². The molecule has 3 aromatic rings. The van der Waals surface area contributed by atoms with Gasteiger partial charge in [-0.1, -0.05) is 47.2 Å². The Labute approximate surface area is 178 Å². The Morgan fingerprint density at radius 2 is 1.76 bits per heavy atom. The van der Waals surface area contributed by atoms with Crippen LogP contribution in [-0.2, 0) is 4.79 Å². The molecule has 4 nitrogen and oxygen atoms in total. The number of hydrogen-bond acceptors (Lipinski definition) is 5. The fraction of sp³-hybridized carbons (Fsp3) is 0.130. The van der Waals surface area contributed by atoms with Crippen LogP contribution in [-0.4, -0.2) is 11.1 Å². The van der Waals surface area contributed by atoms with Crippen LogP contribution in [0.2, 0.25) is 0 Å². The van der Waals surface area contributed by atoms with E-state index >= 15 is 0 Å². The number of hydrogen-bond donors (Lipinski definition) is 1. The molecule has 6 heteroatoms. The summed E-state index contributed by atoms with van der Waals surface area (Å²) in [5.41, 5.74) is 4.34. The number of nitrogens with one attached hydrogen (secondary N) is 1. The molecule has 2 aromatic carbocycles. The quantitative estimate of drug-likeness (QED) is 0.507. The zero-order chi connectivity index (χ0) is 20.4. The van der Waals surface area contributed by atoms with E-state index in [1.807, 2.05) is 38.1 Å². The highest BCUT2D eigenvalue weighted by atomic mass is 32.2. The lowest BCUT2D eigenvalue weighted by molar-refractivity contribution is -0.115. The molecule has 0 spiro atoms. The molecule has 1 N–H and O–H groups in total. The van der Waals surface area contributed by atoms with Crippen LogP contribution in [0.3, 0.4) is 0 Å². The lowest BCUT2D eigenvalue weighted by Gasteiger charge is -2.02. The molecular weight excluding hydrogens is 400 g/mol. The number of rotatable bonds is 4. The molecule has 0 unspecified atom stereocenters. The van der Waals surface area contributed by atoms with Gasteiger partial charge in [-0.25, -0.2) is 4.99 Å². The summed E-state index contributed by atoms with van der Waals surface area (Å²) < 4.78 is 5.87. The average Bonchev–Trinajstić information content (AvgIpc) is 3.26. The molecule has 0 aliphatic carbocycles. The van der Waals surface area contributed by atoms with Crippen molar-refractivity contribution in [2.45, 2.75) is 30.8 Å². The van der Waals surface area contributed by atoms with Crippen molar-refractivity contribution in [1.29, 1.82) is 0 Å². The van der Waals surface area contributed by atoms with Gasteiger partial charge in [0.15, 0.2) is 10.3 Å². The number of carbonyl (C=O) groups excluding carboxylic acids is 1. The second kappa shape index (κ2) is 8.35. The van der Waals surface area contributed by atoms with Crippen molar-refractivity contribution in [1.82, 2.24) is 5.32 Å². The number of carbonyl (C=O) groups is 1. The lowest BCUT2D eigenvalue weighted by atomic mass is 10.1. The fourth-order valence-electron chi connectivity index (χ4n) is 2.84. The number of amidine groups is 1. The molecule has 0 radical (unpaired) electrons. The minimum absolute atomic E-state index is 0.164. The highest BCUT2D eigenvalue weighted by molar-refractivity contribution is 8.18. The average molecular weight is 421 g/mol. The van der Waals surface area contributed by atoms with E-state index in [4.69, 9.17) is 4.42 Å². The molecule has 1 fully saturated rings. The number of benzene rings is 2. The predicted molar refractivity (Wildman–Crippen MR) is 121 cm³/mol. The number of aryl methyl sites for hydroxylation is 3. The first-order valence-electron chi connectivity index (χ1n) is 9.17. The minimum atomic E-state index is -0.164. The van der Waals surface area contributed by atoms with Crippen LogP contribution in [0.25, 0.3) is 6.08 Å². The third kappa shape index (κ3) is 4.83. The van der Waals surface area contributed by atoms with Gasteiger partial charge in [-0.15, -0.1) is 0 Å². The normalized spacial score (nSPS) is 16.6. The van der Waals surface area contributed by atoms with Crippen LogP contribution >= 0.6 is 23.5 Å². The number of nitrogens with zero attached hydrogens (tertiary/aromatic N) is 1. The van der Waals surface area contributed by atoms with Crippen LogP contribution in [0.15, 0.2) is 78.9 Å². The summed E-state index contributed by atoms with van der Waals surface area (Å²) in [4.78, 5) is 18.6. The third-order valence-electron chi connectivity index (χ3n) is 4.34. The summed E-state index contributed by atoms with van der Waals surface area (Å²) in [5.74, 6) is 0.479. The first-order chi connectivity index (χ1) is 14.0. The second-order valence-corrected chi connectivity index (χ2v) is 8.95. The number of thioether (sulfide) groups is 1. The van der Waals surface area contributed by atoms with E-state index in [1.165, 1.54) is 22.9 Å². The zero-order valence-electron chi connectivity index (χ0n) is 16.4. The minimum Gasteiger partial charge on any atom is -0.450 e. The SMILES string of the molecule is Cc1ccc(Sc2ccc(/C=C3\SC(=Nc4ccc(C)cc4C)NC3=O)o2)cc1. The molecule has 0 atom stereocenters. The first kappa shape index (κ1) is 19.6. The van der Waals surface area contributed by atoms with Crippen LogP contribution in [0.5, 0.6) is 0 Å². The van der Waals surface area contributed by atoms with Crippen molar-refractivity contribution < 1.29 is 9.21 Å². The molecule has 1 amide bonds. The van der Waals surface area contributed by atoms with Gasteiger partial charge < -0.3 is 9.73 Å². The smallest absolute Gasteiger partial charge is 0.264 e. The van der Waals surface area contributed by atoms with Gasteiger partial charge in [0.25, 0.3) is 5.91 Å². The molecule has 4 rings (SSSR count). The molecule has 2 heterocycles. The number of amides is 1. The van der Waals surface area contributed by atoms with Crippen molar-refractivity contribution in [2.24, 2.45) is 4.99 Å². The molecular formula is C23H20N2O2S2. The van der Waals surface area contributed by atoms with E-state index in [0.717, 1.165) is 21.2 Å². The van der Waals surface area contributed by atoms with Crippen molar-refractivity contribution in [3.05, 3.63) is 82.0 Å². The summed E-state index contributed by atoms with van der Waals surface area (Å²) in [5, 5.41) is 4.19. The third-order valence-corrected chi connectivity index (χ3v) is 6.18. The highest BCUT2D eigenvalue weighted by Gasteiger charge is 2.24. The molecule has 146 valence electrons. The van der Waals surface area contributed by atoms with Crippen molar-refractivity contribution in [3.8, 4) is 0 Å². The zero-order valence-corrected chi connectivity index (χ0v) is 18.0. The Kier molecular flexibility index (Phi) is 5.65. The summed E-state index contributed by atoms with van der Waals surface area (Å²) >= 11 is 2.87. The van der Waals surface area contributed by atoms with Crippen molar-refractivity contribution >= 4 is 46.4 Å². The maximum Gasteiger partial charge on any atom is 0.264 e. The van der Waals surface area contributed by atoms with Gasteiger partial charge >= 0.3 is 0 Å². The van der Waals surface area contributed by atoms with Crippen LogP contribution in [0.1, 0.15) is 22.5 Å². The van der Waals surface area contributed by atoms with Gasteiger partial charge in [0.05, 0.1) is 10.6 Å². The molecule has 0 bridgehead atoms. The Hall–Kier alpha value is -2.70. The number of furan rings is 1. The van der Waals surface area contributed by atoms with Gasteiger partial charge in [-0.2, -0.15) is 0 Å². The van der Waals surface area contributed by atoms with Crippen LogP contribution in [0, 0.1) is 20.8 Å². The maximum absolute atomic E-state index is 12.3. The van der Waals surface area contributed by atoms with E-state index < -0.39 is 0 Å². The monoisotopic (exact) mass is 420 g/mol. The van der Waals surface area contributed by atoms with E-state index in [2.05, 4.69) is 47.6 Å². The largest absolute Gasteiger partial charge is 0.450 e. The lowest BCUT2D eigenvalue weighted by Crippen LogP contribution is -2.19. The van der Waals surface area contributed by atoms with Gasteiger partial charge in [-0.05, 0) is 68.4 Å². The predicted octanol–water partition coefficient (Wildman–Crippen LogP) is 6.25. The molecule has 29 heavy (non-hydrogen) atoms. The van der Waals surface area contributed by atoms with Gasteiger partial charge in [0, 0.05) is 11.0 Å². The molecule has 1 aromatic heterocycles. The maximum atomic E-state index is 12.3. The number of aliphatic imine (C=N–C) groups is 1. The Morgan fingerprint density at radius 3 is 2.52 bits per heavy atom. The van der Waals surface area contributed by atoms with Crippen molar-refractivity contribution in [3.63, 3.8) is 0 Å².